The molecule has 462 valence electrons. The summed E-state index contributed by atoms with van der Waals surface area (Å²) in [6.45, 7) is 20.5. The summed E-state index contributed by atoms with van der Waals surface area (Å²) in [7, 11) is -1.32. The lowest BCUT2D eigenvalue weighted by molar-refractivity contribution is -0.516. The second kappa shape index (κ2) is 27.5. The van der Waals surface area contributed by atoms with Crippen LogP contribution in [0, 0.1) is 55.4 Å². The van der Waals surface area contributed by atoms with Gasteiger partial charge in [0.2, 0.25) is 16.6 Å². The summed E-state index contributed by atoms with van der Waals surface area (Å²) in [5, 5.41) is 15.3. The number of benzene rings is 8. The monoisotopic (exact) mass is 1270 g/mol. The topological polar surface area (TPSA) is 114 Å². The van der Waals surface area contributed by atoms with E-state index >= 15 is 0 Å². The van der Waals surface area contributed by atoms with Crippen LogP contribution in [0.25, 0.3) is 103 Å². The van der Waals surface area contributed by atoms with Crippen molar-refractivity contribution in [2.24, 2.45) is 0 Å². The molecule has 0 saturated carbocycles. The summed E-state index contributed by atoms with van der Waals surface area (Å²) in [4.78, 5) is 9.66. The number of aryl methyl sites for hydroxylation is 9. The first-order valence-electron chi connectivity index (χ1n) is 30.0. The Morgan fingerprint density at radius 3 is 1.35 bits per heavy atom. The molecule has 0 amide bonds. The molecule has 0 saturated heterocycles. The third-order valence-electron chi connectivity index (χ3n) is 17.3. The molecule has 14 rings (SSSR count). The third-order valence-corrected chi connectivity index (χ3v) is 17.7. The Kier molecular flexibility index (Phi) is 20.0. The van der Waals surface area contributed by atoms with Gasteiger partial charge in [0.1, 0.15) is 11.5 Å². The zero-order valence-corrected chi connectivity index (χ0v) is 55.7. The molecule has 0 atom stereocenters. The van der Waals surface area contributed by atoms with Gasteiger partial charge in [-0.3, -0.25) is 4.79 Å². The number of hydrogen-bond acceptors (Lipinski definition) is 7. The highest BCUT2D eigenvalue weighted by Crippen LogP contribution is 2.37. The predicted molar refractivity (Wildman–Crippen MR) is 361 cm³/mol. The first kappa shape index (κ1) is 66.2. The van der Waals surface area contributed by atoms with Crippen molar-refractivity contribution in [2.75, 3.05) is 14.2 Å². The van der Waals surface area contributed by atoms with Crippen molar-refractivity contribution in [1.29, 1.82) is 0 Å². The first-order chi connectivity index (χ1) is 42.7. The van der Waals surface area contributed by atoms with E-state index in [4.69, 9.17) is 9.47 Å². The van der Waals surface area contributed by atoms with Crippen LogP contribution in [0.15, 0.2) is 201 Å². The molecule has 8 aromatic carbocycles. The Balaban J connectivity index is 0.000000151. The minimum Gasteiger partial charge on any atom is -1.00 e. The molecular weight excluding hydrogens is 1190 g/mol. The second-order valence-electron chi connectivity index (χ2n) is 23.3. The fourth-order valence-corrected chi connectivity index (χ4v) is 12.5. The van der Waals surface area contributed by atoms with E-state index in [-0.39, 0.29) is 24.8 Å². The van der Waals surface area contributed by atoms with Gasteiger partial charge in [0.25, 0.3) is 10.4 Å². The summed E-state index contributed by atoms with van der Waals surface area (Å²) in [5.41, 5.74) is 20.4. The number of hydrogen-bond donors (Lipinski definition) is 0. The van der Waals surface area contributed by atoms with Crippen molar-refractivity contribution in [2.45, 2.75) is 82.1 Å². The highest BCUT2D eigenvalue weighted by Gasteiger charge is 2.20. The molecule has 10 nitrogen and oxygen atoms in total. The quantitative estimate of drug-likeness (QED) is 0.0513. The zero-order valence-electron chi connectivity index (χ0n) is 53.3. The lowest BCUT2D eigenvalue weighted by Gasteiger charge is -2.12. The normalized spacial score (nSPS) is 11.2. The molecule has 0 fully saturated rings. The van der Waals surface area contributed by atoms with Crippen molar-refractivity contribution in [3.63, 3.8) is 0 Å². The van der Waals surface area contributed by atoms with Gasteiger partial charge in [-0.15, -0.1) is 0 Å². The third kappa shape index (κ3) is 13.9. The van der Waals surface area contributed by atoms with Crippen molar-refractivity contribution in [3.8, 4) is 33.8 Å². The number of rotatable bonds is 7. The van der Waals surface area contributed by atoms with Gasteiger partial charge in [-0.05, 0) is 197 Å². The molecule has 0 bridgehead atoms. The van der Waals surface area contributed by atoms with Crippen molar-refractivity contribution < 1.29 is 69.4 Å². The molecule has 14 aromatic rings. The van der Waals surface area contributed by atoms with Gasteiger partial charge in [0, 0.05) is 72.0 Å². The van der Waals surface area contributed by atoms with E-state index < -0.39 is 16.4 Å². The molecule has 6 aromatic heterocycles. The van der Waals surface area contributed by atoms with Crippen LogP contribution in [0.4, 0.5) is 0 Å². The van der Waals surface area contributed by atoms with E-state index in [2.05, 4.69) is 274 Å². The Hall–Kier alpha value is -9.23. The van der Waals surface area contributed by atoms with Crippen molar-refractivity contribution >= 4 is 97.6 Å². The van der Waals surface area contributed by atoms with Crippen LogP contribution in [0.3, 0.4) is 0 Å². The number of nitrogens with zero attached hydrogens (tertiary/aromatic N) is 3. The Morgan fingerprint density at radius 1 is 0.440 bits per heavy atom. The van der Waals surface area contributed by atoms with E-state index in [1.807, 2.05) is 6.07 Å². The van der Waals surface area contributed by atoms with E-state index in [1.54, 1.807) is 14.2 Å². The molecule has 0 unspecified atom stereocenters. The van der Waals surface area contributed by atoms with Gasteiger partial charge in [-0.2, -0.15) is 13.2 Å². The van der Waals surface area contributed by atoms with Crippen LogP contribution in [0.5, 0.6) is 11.5 Å². The Bertz CT molecular complexity index is 5260. The minimum absolute atomic E-state index is 0. The summed E-state index contributed by atoms with van der Waals surface area (Å²) < 4.78 is 49.7. The van der Waals surface area contributed by atoms with Gasteiger partial charge in [-0.25, -0.2) is 8.42 Å². The van der Waals surface area contributed by atoms with Crippen LogP contribution < -0.4 is 47.5 Å². The number of aromatic nitrogens is 3. The number of halogens is 2. The highest BCUT2D eigenvalue weighted by atomic mass is 35.5. The average Bonchev–Trinajstić information content (AvgIpc) is 0.767. The zero-order chi connectivity index (χ0) is 63.0. The molecule has 6 heterocycles. The minimum atomic E-state index is -4.82. The van der Waals surface area contributed by atoms with Gasteiger partial charge in [0.15, 0.2) is 36.7 Å². The molecule has 0 spiro atoms. The lowest BCUT2D eigenvalue weighted by Crippen LogP contribution is -3.00. The summed E-state index contributed by atoms with van der Waals surface area (Å²) in [6.07, 6.45) is 13.1. The van der Waals surface area contributed by atoms with E-state index in [0.29, 0.717) is 0 Å². The number of pyridine rings is 6. The lowest BCUT2D eigenvalue weighted by atomic mass is 9.96. The fourth-order valence-electron chi connectivity index (χ4n) is 12.2. The van der Waals surface area contributed by atoms with E-state index in [0.717, 1.165) is 42.4 Å². The number of fused-ring (bicyclic) bond motifs is 12. The SMILES string of the molecule is CC(=O)OS(=O)(=O)[O-].CCCc1cc2c(cc[n+]3cc4cc(C)c(C)cc4cc23)cc1OC.COc1cc2cc[n+]3c(C)c4cc(C)c(C)cc4cc3c2cc1-c1ccccc1.Cc1cc2cc3c4cc(-c5ccccc5)c(C)cc4cc[n+]3cc2cc1C.[Cl-].[Cl-]. The largest absolute Gasteiger partial charge is 1.00 e. The second-order valence-corrected chi connectivity index (χ2v) is 24.3. The van der Waals surface area contributed by atoms with Gasteiger partial charge >= 0.3 is 5.97 Å². The molecule has 0 aliphatic heterocycles. The maximum absolute atomic E-state index is 9.66. The van der Waals surface area contributed by atoms with Gasteiger partial charge in [0.05, 0.1) is 30.4 Å². The summed E-state index contributed by atoms with van der Waals surface area (Å²) >= 11 is 0. The summed E-state index contributed by atoms with van der Waals surface area (Å²) in [5.74, 6) is 0.767. The maximum atomic E-state index is 9.66. The number of ether oxygens (including phenoxy) is 2. The van der Waals surface area contributed by atoms with Crippen molar-refractivity contribution in [1.82, 2.24) is 0 Å². The number of carbonyl (C=O) groups is 1. The predicted octanol–water partition coefficient (Wildman–Crippen LogP) is 11.0. The number of methoxy groups -OCH3 is 2. The molecule has 0 aliphatic rings. The standard InChI is InChI=1S/C27H24NO.C26H22N.C23H24NO.C2H4O5S.2ClH/c1-17-12-22-14-26-24-16-25(20-8-6-5-7-9-20)27(29-4)15-21(24)10-11-28(26)19(3)23(22)13-18(17)2;1-17-11-22-14-26-25-15-24(20-7-5-4-6-8-20)19(3)13-21(25)9-10-27(26)16-23(22)12-18(17)2;1-5-6-18-11-21-17(13-23(18)25-4)7-8-24-14-20-10-16(3)15(2)9-19(20)12-22(21)24;1-2(3)7-8(4,5)6;;/h5-16H,1-4H3;4-16H,1-3H3;7-14H,5-6H2,1-4H3;1H3,(H,4,5,6);2*1H/q3*+1;;;/p-3. The van der Waals surface area contributed by atoms with Crippen LogP contribution in [0.1, 0.15) is 70.5 Å². The van der Waals surface area contributed by atoms with E-state index in [9.17, 15) is 17.8 Å². The smallest absolute Gasteiger partial charge is 0.318 e. The molecule has 0 radical (unpaired) electrons. The average molecular weight is 1270 g/mol. The highest BCUT2D eigenvalue weighted by molar-refractivity contribution is 7.81. The van der Waals surface area contributed by atoms with Gasteiger partial charge in [-0.1, -0.05) is 98.3 Å². The molecule has 0 aliphatic carbocycles. The summed E-state index contributed by atoms with van der Waals surface area (Å²) in [6, 6.07) is 62.0. The fraction of sp³-hybridized carbons (Fsp3) is 0.179. The van der Waals surface area contributed by atoms with Crippen molar-refractivity contribution in [3.05, 3.63) is 251 Å². The molecule has 0 N–H and O–H groups in total. The van der Waals surface area contributed by atoms with Crippen LogP contribution in [-0.4, -0.2) is 33.2 Å². The van der Waals surface area contributed by atoms with Gasteiger partial charge < -0.3 is 43.0 Å². The molecule has 91 heavy (non-hydrogen) atoms. The van der Waals surface area contributed by atoms with E-state index in [1.165, 1.54) is 143 Å². The van der Waals surface area contributed by atoms with Crippen LogP contribution >= 0.6 is 0 Å². The Morgan fingerprint density at radius 2 is 0.857 bits per heavy atom. The van der Waals surface area contributed by atoms with Crippen LogP contribution in [0.2, 0.25) is 0 Å². The molecule has 13 heteroatoms. The molecular formula is C78H73Cl2N3O7S. The van der Waals surface area contributed by atoms with Crippen LogP contribution in [-0.2, 0) is 25.8 Å². The Labute approximate surface area is 544 Å². The number of carbonyl (C=O) groups excluding carboxylic acids is 1. The first-order valence-corrected chi connectivity index (χ1v) is 31.3. The maximum Gasteiger partial charge on any atom is 0.318 e.